The summed E-state index contributed by atoms with van der Waals surface area (Å²) in [5.74, 6) is -3.51. The van der Waals surface area contributed by atoms with E-state index >= 15 is 0 Å². The minimum absolute atomic E-state index is 0.152. The Morgan fingerprint density at radius 3 is 2.47 bits per heavy atom. The van der Waals surface area contributed by atoms with Crippen molar-refractivity contribution < 1.29 is 29.0 Å². The van der Waals surface area contributed by atoms with Gasteiger partial charge in [0, 0.05) is 6.54 Å². The fraction of sp³-hybridized carbons (Fsp3) is 0.409. The number of hydrogen-bond acceptors (Lipinski definition) is 6. The highest BCUT2D eigenvalue weighted by atomic mass is 16.4. The maximum atomic E-state index is 13.3. The quantitative estimate of drug-likeness (QED) is 0.610. The summed E-state index contributed by atoms with van der Waals surface area (Å²) in [6.45, 7) is 2.96. The first-order valence-electron chi connectivity index (χ1n) is 9.88. The van der Waals surface area contributed by atoms with E-state index < -0.39 is 47.8 Å². The smallest absolute Gasteiger partial charge is 0.327 e. The maximum absolute atomic E-state index is 13.3. The summed E-state index contributed by atoms with van der Waals surface area (Å²) in [5, 5.41) is 22.8. The molecule has 2 aliphatic heterocycles. The number of carbonyl (C=O) groups excluding carboxylic acids is 2. The summed E-state index contributed by atoms with van der Waals surface area (Å²) >= 11 is 0. The lowest BCUT2D eigenvalue weighted by molar-refractivity contribution is -0.153. The largest absolute Gasteiger partial charge is 0.480 e. The number of aliphatic hydroxyl groups excluding tert-OH is 1. The van der Waals surface area contributed by atoms with Gasteiger partial charge < -0.3 is 14.6 Å². The molecule has 1 aromatic carbocycles. The second-order valence-electron chi connectivity index (χ2n) is 8.01. The molecule has 158 valence electrons. The van der Waals surface area contributed by atoms with Crippen molar-refractivity contribution >= 4 is 17.8 Å². The van der Waals surface area contributed by atoms with Crippen molar-refractivity contribution in [1.82, 2.24) is 10.2 Å². The number of rotatable bonds is 6. The Bertz CT molecular complexity index is 981. The number of aliphatic hydroxyl groups is 1. The number of benzene rings is 1. The number of nitrogens with zero attached hydrogens (tertiary/aromatic N) is 1. The fourth-order valence-corrected chi connectivity index (χ4v) is 4.58. The minimum Gasteiger partial charge on any atom is -0.480 e. The molecule has 1 aromatic heterocycles. The van der Waals surface area contributed by atoms with Crippen molar-refractivity contribution in [2.45, 2.75) is 31.8 Å². The molecule has 3 N–H and O–H groups in total. The van der Waals surface area contributed by atoms with Crippen LogP contribution in [-0.2, 0) is 20.8 Å². The average Bonchev–Trinajstić information content (AvgIpc) is 3.33. The third-order valence-electron chi connectivity index (χ3n) is 6.33. The number of fused-ring (bicyclic) bond motifs is 1. The van der Waals surface area contributed by atoms with Crippen molar-refractivity contribution in [2.75, 3.05) is 13.2 Å². The molecule has 3 heterocycles. The number of carboxylic acid groups (broad SMARTS) is 1. The molecule has 0 bridgehead atoms. The van der Waals surface area contributed by atoms with Crippen molar-refractivity contribution in [2.24, 2.45) is 11.8 Å². The van der Waals surface area contributed by atoms with E-state index in [-0.39, 0.29) is 6.54 Å². The van der Waals surface area contributed by atoms with Crippen molar-refractivity contribution in [3.63, 3.8) is 0 Å². The molecule has 2 amide bonds. The molecule has 4 rings (SSSR count). The van der Waals surface area contributed by atoms with Gasteiger partial charge in [0.05, 0.1) is 24.5 Å². The van der Waals surface area contributed by atoms with Crippen LogP contribution in [0.5, 0.6) is 0 Å². The third-order valence-corrected chi connectivity index (χ3v) is 6.33. The number of aliphatic carboxylic acids is 1. The zero-order valence-electron chi connectivity index (χ0n) is 16.8. The summed E-state index contributed by atoms with van der Waals surface area (Å²) in [6, 6.07) is 10.4. The molecule has 30 heavy (non-hydrogen) atoms. The van der Waals surface area contributed by atoms with Gasteiger partial charge in [0.15, 0.2) is 5.54 Å². The molecule has 8 heteroatoms. The van der Waals surface area contributed by atoms with Gasteiger partial charge in [-0.15, -0.1) is 0 Å². The van der Waals surface area contributed by atoms with Gasteiger partial charge in [-0.05, 0) is 37.5 Å². The molecular formula is C22H24N2O6. The topological polar surface area (TPSA) is 120 Å². The Kier molecular flexibility index (Phi) is 4.99. The Balaban J connectivity index is 1.70. The molecule has 2 aliphatic rings. The van der Waals surface area contributed by atoms with Gasteiger partial charge in [-0.3, -0.25) is 24.6 Å². The number of aryl methyl sites for hydroxylation is 2. The van der Waals surface area contributed by atoms with Crippen LogP contribution >= 0.6 is 0 Å². The predicted molar refractivity (Wildman–Crippen MR) is 105 cm³/mol. The molecule has 4 unspecified atom stereocenters. The van der Waals surface area contributed by atoms with Gasteiger partial charge in [-0.2, -0.15) is 0 Å². The van der Waals surface area contributed by atoms with Gasteiger partial charge in [0.2, 0.25) is 11.8 Å². The number of likely N-dealkylation sites (tertiary alicyclic amines) is 1. The molecular weight excluding hydrogens is 388 g/mol. The van der Waals surface area contributed by atoms with E-state index in [0.29, 0.717) is 17.9 Å². The lowest BCUT2D eigenvalue weighted by atomic mass is 9.80. The van der Waals surface area contributed by atoms with Crippen LogP contribution in [-0.4, -0.2) is 51.6 Å². The summed E-state index contributed by atoms with van der Waals surface area (Å²) in [4.78, 5) is 39.8. The van der Waals surface area contributed by atoms with Gasteiger partial charge in [0.25, 0.3) is 0 Å². The van der Waals surface area contributed by atoms with Gasteiger partial charge in [0.1, 0.15) is 11.5 Å². The number of amides is 2. The van der Waals surface area contributed by atoms with E-state index in [0.717, 1.165) is 16.0 Å². The molecule has 2 aromatic rings. The van der Waals surface area contributed by atoms with Crippen LogP contribution in [0.15, 0.2) is 40.8 Å². The molecule has 2 saturated heterocycles. The second kappa shape index (κ2) is 7.37. The zero-order chi connectivity index (χ0) is 21.6. The number of imide groups is 1. The first-order valence-corrected chi connectivity index (χ1v) is 9.88. The number of hydrogen-bond donors (Lipinski definition) is 3. The normalized spacial score (nSPS) is 28.2. The SMILES string of the molecule is Cc1cc(C2NC(CO)(C(=O)O)C3C(=O)N(CCc4ccccc4)C(=O)C23)oc1C. The molecule has 0 aliphatic carbocycles. The van der Waals surface area contributed by atoms with Crippen molar-refractivity contribution in [1.29, 1.82) is 0 Å². The number of carbonyl (C=O) groups is 3. The predicted octanol–water partition coefficient (Wildman–Crippen LogP) is 1.20. The van der Waals surface area contributed by atoms with Gasteiger partial charge in [-0.25, -0.2) is 0 Å². The lowest BCUT2D eigenvalue weighted by Crippen LogP contribution is -2.58. The highest BCUT2D eigenvalue weighted by Crippen LogP contribution is 2.49. The zero-order valence-corrected chi connectivity index (χ0v) is 16.8. The van der Waals surface area contributed by atoms with E-state index in [1.54, 1.807) is 13.0 Å². The Hall–Kier alpha value is -2.97. The highest BCUT2D eigenvalue weighted by molar-refractivity contribution is 6.09. The molecule has 0 saturated carbocycles. The van der Waals surface area contributed by atoms with Crippen molar-refractivity contribution in [3.8, 4) is 0 Å². The van der Waals surface area contributed by atoms with Crippen LogP contribution in [0, 0.1) is 25.7 Å². The van der Waals surface area contributed by atoms with Gasteiger partial charge in [-0.1, -0.05) is 30.3 Å². The Morgan fingerprint density at radius 1 is 1.20 bits per heavy atom. The van der Waals surface area contributed by atoms with Gasteiger partial charge >= 0.3 is 5.97 Å². The van der Waals surface area contributed by atoms with Crippen LogP contribution in [0.25, 0.3) is 0 Å². The van der Waals surface area contributed by atoms with E-state index in [2.05, 4.69) is 5.32 Å². The first kappa shape index (κ1) is 20.3. The molecule has 0 radical (unpaired) electrons. The Labute approximate surface area is 173 Å². The lowest BCUT2D eigenvalue weighted by Gasteiger charge is -2.28. The summed E-state index contributed by atoms with van der Waals surface area (Å²) in [6.07, 6.45) is 0.466. The van der Waals surface area contributed by atoms with Crippen LogP contribution < -0.4 is 5.32 Å². The van der Waals surface area contributed by atoms with Crippen LogP contribution in [0.1, 0.15) is 28.7 Å². The summed E-state index contributed by atoms with van der Waals surface area (Å²) in [5.41, 5.74) is -0.121. The fourth-order valence-electron chi connectivity index (χ4n) is 4.58. The van der Waals surface area contributed by atoms with E-state index in [9.17, 15) is 24.6 Å². The van der Waals surface area contributed by atoms with E-state index in [1.807, 2.05) is 37.3 Å². The Morgan fingerprint density at radius 2 is 1.90 bits per heavy atom. The second-order valence-corrected chi connectivity index (χ2v) is 8.01. The minimum atomic E-state index is -1.95. The molecule has 0 spiro atoms. The number of carboxylic acids is 1. The standard InChI is InChI=1S/C22H24N2O6/c1-12-10-15(30-13(12)2)18-16-17(22(11-25,23-18)21(28)29)20(27)24(19(16)26)9-8-14-6-4-3-5-7-14/h3-7,10,16-18,23,25H,8-9,11H2,1-2H3,(H,28,29). The van der Waals surface area contributed by atoms with E-state index in [4.69, 9.17) is 4.42 Å². The average molecular weight is 412 g/mol. The third kappa shape index (κ3) is 2.95. The molecule has 4 atom stereocenters. The first-order chi connectivity index (χ1) is 14.3. The maximum Gasteiger partial charge on any atom is 0.327 e. The number of furan rings is 1. The monoisotopic (exact) mass is 412 g/mol. The summed E-state index contributed by atoms with van der Waals surface area (Å²) < 4.78 is 5.75. The van der Waals surface area contributed by atoms with Crippen molar-refractivity contribution in [3.05, 3.63) is 59.0 Å². The van der Waals surface area contributed by atoms with Crippen LogP contribution in [0.3, 0.4) is 0 Å². The molecule has 8 nitrogen and oxygen atoms in total. The van der Waals surface area contributed by atoms with Crippen LogP contribution in [0.2, 0.25) is 0 Å². The molecule has 2 fully saturated rings. The van der Waals surface area contributed by atoms with Crippen LogP contribution in [0.4, 0.5) is 0 Å². The highest BCUT2D eigenvalue weighted by Gasteiger charge is 2.69. The van der Waals surface area contributed by atoms with E-state index in [1.165, 1.54) is 0 Å². The number of nitrogens with one attached hydrogen (secondary N) is 1. The summed E-state index contributed by atoms with van der Waals surface area (Å²) in [7, 11) is 0.